The van der Waals surface area contributed by atoms with Crippen molar-refractivity contribution in [1.82, 2.24) is 5.32 Å². The van der Waals surface area contributed by atoms with Crippen LogP contribution in [0.25, 0.3) is 0 Å². The molecule has 0 heterocycles. The Morgan fingerprint density at radius 1 is 1.24 bits per heavy atom. The Bertz CT molecular complexity index is 380. The van der Waals surface area contributed by atoms with E-state index in [2.05, 4.69) is 29.6 Å². The van der Waals surface area contributed by atoms with Crippen molar-refractivity contribution >= 4 is 0 Å². The van der Waals surface area contributed by atoms with Gasteiger partial charge in [0.15, 0.2) is 0 Å². The van der Waals surface area contributed by atoms with Crippen molar-refractivity contribution in [1.29, 1.82) is 0 Å². The van der Waals surface area contributed by atoms with E-state index >= 15 is 0 Å². The molecule has 2 aliphatic rings. The zero-order valence-electron chi connectivity index (χ0n) is 10.5. The lowest BCUT2D eigenvalue weighted by Gasteiger charge is -2.35. The number of hydrogen-bond donors (Lipinski definition) is 1. The molecule has 2 fully saturated rings. The summed E-state index contributed by atoms with van der Waals surface area (Å²) in [7, 11) is 1.81. The first kappa shape index (κ1) is 11.2. The minimum absolute atomic E-state index is 0.492. The van der Waals surface area contributed by atoms with E-state index in [1.165, 1.54) is 31.2 Å². The molecule has 1 aromatic carbocycles. The summed E-state index contributed by atoms with van der Waals surface area (Å²) in [5.74, 6) is 0.848. The van der Waals surface area contributed by atoms with Crippen molar-refractivity contribution < 1.29 is 4.74 Å². The standard InChI is InChI=1S/C15H21NO/c1-17-14-8-13(9-14)16-10-12-4-2-3-5-15(12)11-6-7-11/h2-5,11,13-14,16H,6-10H2,1H3. The van der Waals surface area contributed by atoms with Gasteiger partial charge < -0.3 is 10.1 Å². The van der Waals surface area contributed by atoms with Gasteiger partial charge in [0.25, 0.3) is 0 Å². The van der Waals surface area contributed by atoms with Gasteiger partial charge in [0.05, 0.1) is 6.10 Å². The molecule has 0 amide bonds. The summed E-state index contributed by atoms with van der Waals surface area (Å²) in [6, 6.07) is 9.55. The van der Waals surface area contributed by atoms with Crippen LogP contribution >= 0.6 is 0 Å². The summed E-state index contributed by atoms with van der Waals surface area (Å²) < 4.78 is 5.30. The molecule has 0 bridgehead atoms. The second-order valence-corrected chi connectivity index (χ2v) is 5.38. The van der Waals surface area contributed by atoms with Crippen LogP contribution in [0.3, 0.4) is 0 Å². The topological polar surface area (TPSA) is 21.3 Å². The monoisotopic (exact) mass is 231 g/mol. The number of hydrogen-bond acceptors (Lipinski definition) is 2. The van der Waals surface area contributed by atoms with Gasteiger partial charge in [-0.25, -0.2) is 0 Å². The van der Waals surface area contributed by atoms with Gasteiger partial charge in [-0.1, -0.05) is 24.3 Å². The first-order chi connectivity index (χ1) is 8.36. The van der Waals surface area contributed by atoms with Crippen molar-refractivity contribution in [3.63, 3.8) is 0 Å². The normalized spacial score (nSPS) is 27.8. The molecular weight excluding hydrogens is 210 g/mol. The summed E-state index contributed by atoms with van der Waals surface area (Å²) >= 11 is 0. The number of benzene rings is 1. The highest BCUT2D eigenvalue weighted by Gasteiger charge is 2.29. The summed E-state index contributed by atoms with van der Waals surface area (Å²) in [6.07, 6.45) is 5.59. The van der Waals surface area contributed by atoms with Crippen LogP contribution in [0.4, 0.5) is 0 Å². The van der Waals surface area contributed by atoms with Gasteiger partial charge >= 0.3 is 0 Å². The van der Waals surface area contributed by atoms with Crippen molar-refractivity contribution in [2.45, 2.75) is 50.3 Å². The molecular formula is C15H21NO. The van der Waals surface area contributed by atoms with Crippen LogP contribution < -0.4 is 5.32 Å². The van der Waals surface area contributed by atoms with E-state index in [1.54, 1.807) is 5.56 Å². The van der Waals surface area contributed by atoms with E-state index in [0.717, 1.165) is 12.5 Å². The molecule has 2 aliphatic carbocycles. The van der Waals surface area contributed by atoms with Gasteiger partial charge in [-0.05, 0) is 42.7 Å². The van der Waals surface area contributed by atoms with Crippen LogP contribution in [0.5, 0.6) is 0 Å². The van der Waals surface area contributed by atoms with Crippen molar-refractivity contribution in [3.05, 3.63) is 35.4 Å². The quantitative estimate of drug-likeness (QED) is 0.841. The summed E-state index contributed by atoms with van der Waals surface area (Å²) in [4.78, 5) is 0. The van der Waals surface area contributed by atoms with E-state index in [1.807, 2.05) is 7.11 Å². The molecule has 1 N–H and O–H groups in total. The smallest absolute Gasteiger partial charge is 0.0601 e. The number of ether oxygens (including phenoxy) is 1. The van der Waals surface area contributed by atoms with Gasteiger partial charge in [-0.15, -0.1) is 0 Å². The zero-order chi connectivity index (χ0) is 11.7. The van der Waals surface area contributed by atoms with Crippen LogP contribution in [0, 0.1) is 0 Å². The van der Waals surface area contributed by atoms with E-state index < -0.39 is 0 Å². The van der Waals surface area contributed by atoms with Crippen LogP contribution in [0.15, 0.2) is 24.3 Å². The molecule has 3 rings (SSSR count). The lowest BCUT2D eigenvalue weighted by molar-refractivity contribution is 0.0170. The Hall–Kier alpha value is -0.860. The maximum absolute atomic E-state index is 5.30. The molecule has 0 saturated heterocycles. The Morgan fingerprint density at radius 2 is 2.00 bits per heavy atom. The first-order valence-corrected chi connectivity index (χ1v) is 6.71. The molecule has 1 aromatic rings. The minimum Gasteiger partial charge on any atom is -0.381 e. The minimum atomic E-state index is 0.492. The van der Waals surface area contributed by atoms with Crippen LogP contribution in [0.1, 0.15) is 42.7 Å². The Balaban J connectivity index is 1.54. The average Bonchev–Trinajstić information content (AvgIpc) is 3.12. The number of nitrogens with one attached hydrogen (secondary N) is 1. The molecule has 0 atom stereocenters. The van der Waals surface area contributed by atoms with Crippen LogP contribution in [-0.4, -0.2) is 19.3 Å². The van der Waals surface area contributed by atoms with E-state index in [9.17, 15) is 0 Å². The van der Waals surface area contributed by atoms with Gasteiger partial charge in [0.2, 0.25) is 0 Å². The van der Waals surface area contributed by atoms with Crippen molar-refractivity contribution in [3.8, 4) is 0 Å². The average molecular weight is 231 g/mol. The number of rotatable bonds is 5. The summed E-state index contributed by atoms with van der Waals surface area (Å²) in [5, 5.41) is 3.64. The summed E-state index contributed by atoms with van der Waals surface area (Å²) in [5.41, 5.74) is 3.07. The van der Waals surface area contributed by atoms with Gasteiger partial charge in [0, 0.05) is 19.7 Å². The molecule has 0 unspecified atom stereocenters. The predicted octanol–water partition coefficient (Wildman–Crippen LogP) is 2.83. The van der Waals surface area contributed by atoms with E-state index in [-0.39, 0.29) is 0 Å². The van der Waals surface area contributed by atoms with Gasteiger partial charge in [-0.3, -0.25) is 0 Å². The highest BCUT2D eigenvalue weighted by Crippen LogP contribution is 2.41. The maximum Gasteiger partial charge on any atom is 0.0601 e. The predicted molar refractivity (Wildman–Crippen MR) is 69.1 cm³/mol. The molecule has 2 heteroatoms. The fraction of sp³-hybridized carbons (Fsp3) is 0.600. The molecule has 0 aliphatic heterocycles. The van der Waals surface area contributed by atoms with Crippen LogP contribution in [-0.2, 0) is 11.3 Å². The SMILES string of the molecule is COC1CC(NCc2ccccc2C2CC2)C1. The van der Waals surface area contributed by atoms with Gasteiger partial charge in [-0.2, -0.15) is 0 Å². The Labute approximate surface area is 103 Å². The van der Waals surface area contributed by atoms with E-state index in [4.69, 9.17) is 4.74 Å². The molecule has 17 heavy (non-hydrogen) atoms. The third kappa shape index (κ3) is 2.53. The van der Waals surface area contributed by atoms with Crippen molar-refractivity contribution in [2.75, 3.05) is 7.11 Å². The highest BCUT2D eigenvalue weighted by molar-refractivity contribution is 5.33. The molecule has 0 spiro atoms. The molecule has 0 radical (unpaired) electrons. The van der Waals surface area contributed by atoms with Crippen molar-refractivity contribution in [2.24, 2.45) is 0 Å². The second kappa shape index (κ2) is 4.79. The summed E-state index contributed by atoms with van der Waals surface area (Å²) in [6.45, 7) is 1.02. The van der Waals surface area contributed by atoms with Gasteiger partial charge in [0.1, 0.15) is 0 Å². The molecule has 2 saturated carbocycles. The number of methoxy groups -OCH3 is 1. The largest absolute Gasteiger partial charge is 0.381 e. The highest BCUT2D eigenvalue weighted by atomic mass is 16.5. The maximum atomic E-state index is 5.30. The second-order valence-electron chi connectivity index (χ2n) is 5.38. The molecule has 2 nitrogen and oxygen atoms in total. The van der Waals surface area contributed by atoms with E-state index in [0.29, 0.717) is 12.1 Å². The fourth-order valence-corrected chi connectivity index (χ4v) is 2.67. The third-order valence-electron chi connectivity index (χ3n) is 4.08. The Kier molecular flexibility index (Phi) is 3.17. The Morgan fingerprint density at radius 3 is 2.71 bits per heavy atom. The zero-order valence-corrected chi connectivity index (χ0v) is 10.5. The first-order valence-electron chi connectivity index (χ1n) is 6.71. The van der Waals surface area contributed by atoms with Crippen LogP contribution in [0.2, 0.25) is 0 Å². The third-order valence-corrected chi connectivity index (χ3v) is 4.08. The molecule has 92 valence electrons. The fourth-order valence-electron chi connectivity index (χ4n) is 2.67. The molecule has 0 aromatic heterocycles. The lowest BCUT2D eigenvalue weighted by atomic mass is 9.89. The lowest BCUT2D eigenvalue weighted by Crippen LogP contribution is -2.44.